The monoisotopic (exact) mass is 1240 g/mol. The Hall–Kier alpha value is -9.60. The number of nitrogens with zero attached hydrogens (tertiary/aromatic N) is 2. The van der Waals surface area contributed by atoms with Gasteiger partial charge >= 0.3 is 0 Å². The number of aryl methyl sites for hydroxylation is 12. The van der Waals surface area contributed by atoms with E-state index in [-0.39, 0.29) is 11.5 Å². The standard InChI is InChI=1S/C84H76N2O4S2/c1-47-33-51(5)77(52(6)34-47)59-23-27-71-65(41-59)66-42-60(78-53(7)35-48(2)36-54(78)8)24-28-72(66)85(71)83-81(87)69(45-91-83)63-19-13-15-21-75(63)89-31-17-18-32-90-76-22-16-14-20-64(76)70-46-92-84(82(70)88)86-73-29-25-61(79-55(9)37-49(3)38-56(79)10)43-67(73)68-44-62(26-30-74(68)86)80-57(11)39-50(4)40-58(80)12/h13-16,19-30,33-46,87-88H,17-18,31-32H2,1-12H3. The van der Waals surface area contributed by atoms with Crippen molar-refractivity contribution in [1.29, 1.82) is 0 Å². The highest BCUT2D eigenvalue weighted by Gasteiger charge is 2.26. The maximum absolute atomic E-state index is 12.5. The second kappa shape index (κ2) is 23.9. The fourth-order valence-corrected chi connectivity index (χ4v) is 17.2. The van der Waals surface area contributed by atoms with Crippen molar-refractivity contribution in [2.45, 2.75) is 95.9 Å². The molecule has 0 unspecified atom stereocenters. The van der Waals surface area contributed by atoms with E-state index in [0.29, 0.717) is 24.7 Å². The van der Waals surface area contributed by atoms with Crippen LogP contribution in [0.4, 0.5) is 0 Å². The topological polar surface area (TPSA) is 68.8 Å². The number of ether oxygens (including phenoxy) is 2. The van der Waals surface area contributed by atoms with Crippen molar-refractivity contribution in [2.75, 3.05) is 13.2 Å². The smallest absolute Gasteiger partial charge is 0.158 e. The molecular formula is C84H76N2O4S2. The Kier molecular flexibility index (Phi) is 15.6. The van der Waals surface area contributed by atoms with Gasteiger partial charge in [-0.05, 0) is 246 Å². The molecule has 0 aliphatic heterocycles. The van der Waals surface area contributed by atoms with E-state index in [4.69, 9.17) is 9.47 Å². The van der Waals surface area contributed by atoms with Crippen molar-refractivity contribution in [1.82, 2.24) is 9.13 Å². The number of thiophene rings is 2. The number of benzene rings is 10. The zero-order valence-electron chi connectivity index (χ0n) is 54.6. The van der Waals surface area contributed by atoms with Gasteiger partial charge in [0.2, 0.25) is 0 Å². The number of hydrogen-bond donors (Lipinski definition) is 2. The van der Waals surface area contributed by atoms with Crippen molar-refractivity contribution in [3.8, 4) is 99.8 Å². The van der Waals surface area contributed by atoms with Crippen LogP contribution in [0.5, 0.6) is 23.0 Å². The van der Waals surface area contributed by atoms with E-state index in [0.717, 1.165) is 88.7 Å². The lowest BCUT2D eigenvalue weighted by Gasteiger charge is -2.14. The van der Waals surface area contributed by atoms with E-state index < -0.39 is 0 Å². The molecule has 4 aromatic heterocycles. The molecule has 0 spiro atoms. The molecule has 0 fully saturated rings. The molecule has 0 saturated carbocycles. The summed E-state index contributed by atoms with van der Waals surface area (Å²) in [6.45, 7) is 27.2. The summed E-state index contributed by atoms with van der Waals surface area (Å²) in [5, 5.41) is 35.2. The second-order valence-electron chi connectivity index (χ2n) is 25.7. The van der Waals surface area contributed by atoms with Crippen LogP contribution >= 0.6 is 22.7 Å². The Labute approximate surface area is 547 Å². The molecule has 6 nitrogen and oxygen atoms in total. The molecule has 0 aliphatic rings. The van der Waals surface area contributed by atoms with Crippen molar-refractivity contribution in [3.05, 3.63) is 247 Å². The molecule has 0 atom stereocenters. The van der Waals surface area contributed by atoms with Gasteiger partial charge in [-0.2, -0.15) is 0 Å². The molecule has 458 valence electrons. The molecule has 0 bridgehead atoms. The number of unbranched alkanes of at least 4 members (excludes halogenated alkanes) is 1. The lowest BCUT2D eigenvalue weighted by atomic mass is 9.91. The van der Waals surface area contributed by atoms with Gasteiger partial charge in [0.05, 0.1) is 35.3 Å². The second-order valence-corrected chi connectivity index (χ2v) is 27.4. The number of para-hydroxylation sites is 2. The van der Waals surface area contributed by atoms with Crippen LogP contribution in [0.15, 0.2) is 181 Å². The number of fused-ring (bicyclic) bond motifs is 6. The van der Waals surface area contributed by atoms with Gasteiger partial charge in [0, 0.05) is 54.6 Å². The highest BCUT2D eigenvalue weighted by molar-refractivity contribution is 7.14. The molecule has 0 radical (unpaired) electrons. The molecular weight excluding hydrogens is 1170 g/mol. The van der Waals surface area contributed by atoms with E-state index in [2.05, 4.69) is 224 Å². The van der Waals surface area contributed by atoms with Gasteiger partial charge < -0.3 is 19.7 Å². The third kappa shape index (κ3) is 10.5. The summed E-state index contributed by atoms with van der Waals surface area (Å²) >= 11 is 3.08. The number of hydrogen-bond acceptors (Lipinski definition) is 6. The first-order valence-electron chi connectivity index (χ1n) is 32.0. The zero-order valence-corrected chi connectivity index (χ0v) is 56.2. The third-order valence-electron chi connectivity index (χ3n) is 18.7. The normalized spacial score (nSPS) is 11.7. The molecule has 10 aromatic carbocycles. The molecule has 0 aliphatic carbocycles. The first-order chi connectivity index (χ1) is 44.4. The first-order valence-corrected chi connectivity index (χ1v) is 33.7. The van der Waals surface area contributed by atoms with Crippen molar-refractivity contribution < 1.29 is 19.7 Å². The van der Waals surface area contributed by atoms with E-state index in [9.17, 15) is 10.2 Å². The summed E-state index contributed by atoms with van der Waals surface area (Å²) in [7, 11) is 0. The van der Waals surface area contributed by atoms with Gasteiger partial charge in [-0.1, -0.05) is 131 Å². The van der Waals surface area contributed by atoms with Crippen molar-refractivity contribution in [2.24, 2.45) is 0 Å². The summed E-state index contributed by atoms with van der Waals surface area (Å²) in [5.41, 5.74) is 32.1. The van der Waals surface area contributed by atoms with Crippen LogP contribution in [0, 0.1) is 83.1 Å². The largest absolute Gasteiger partial charge is 0.504 e. The van der Waals surface area contributed by atoms with E-state index in [1.54, 1.807) is 22.7 Å². The van der Waals surface area contributed by atoms with Crippen molar-refractivity contribution >= 4 is 66.3 Å². The Balaban J connectivity index is 0.716. The van der Waals surface area contributed by atoms with E-state index in [1.165, 1.54) is 111 Å². The van der Waals surface area contributed by atoms with E-state index in [1.807, 2.05) is 48.5 Å². The molecule has 14 rings (SSSR count). The minimum Gasteiger partial charge on any atom is -0.504 e. The van der Waals surface area contributed by atoms with Crippen LogP contribution in [0.2, 0.25) is 0 Å². The molecule has 8 heteroatoms. The van der Waals surface area contributed by atoms with Crippen LogP contribution in [-0.2, 0) is 0 Å². The Bertz CT molecular complexity index is 4650. The summed E-state index contributed by atoms with van der Waals surface area (Å²) in [4.78, 5) is 0. The van der Waals surface area contributed by atoms with Crippen LogP contribution in [-0.4, -0.2) is 32.6 Å². The maximum atomic E-state index is 12.5. The van der Waals surface area contributed by atoms with Gasteiger partial charge in [0.1, 0.15) is 21.5 Å². The third-order valence-corrected chi connectivity index (χ3v) is 20.6. The minimum atomic E-state index is 0.217. The van der Waals surface area contributed by atoms with Crippen LogP contribution < -0.4 is 9.47 Å². The van der Waals surface area contributed by atoms with E-state index >= 15 is 0 Å². The SMILES string of the molecule is Cc1cc(C)c(-c2ccc3c(c2)c2cc(-c4c(C)cc(C)cc4C)ccc2n3-c2scc(-c3ccccc3OCCCCOc3ccccc3-c3csc(-n4c5ccc(-c6c(C)cc(C)cc6C)cc5c5cc(-c6c(C)cc(C)cc6C)ccc54)c3O)c2O)c(C)c1. The average molecular weight is 1240 g/mol. The minimum absolute atomic E-state index is 0.217. The summed E-state index contributed by atoms with van der Waals surface area (Å²) < 4.78 is 17.7. The molecule has 0 amide bonds. The predicted molar refractivity (Wildman–Crippen MR) is 390 cm³/mol. The first kappa shape index (κ1) is 60.0. The molecule has 14 aromatic rings. The average Bonchev–Trinajstić information content (AvgIpc) is 1.58. The summed E-state index contributed by atoms with van der Waals surface area (Å²) in [6.07, 6.45) is 1.48. The molecule has 4 heterocycles. The van der Waals surface area contributed by atoms with Gasteiger partial charge in [0.25, 0.3) is 0 Å². The maximum Gasteiger partial charge on any atom is 0.158 e. The fraction of sp³-hybridized carbons (Fsp3) is 0.190. The van der Waals surface area contributed by atoms with Gasteiger partial charge in [-0.15, -0.1) is 22.7 Å². The van der Waals surface area contributed by atoms with Gasteiger partial charge in [-0.3, -0.25) is 9.13 Å². The number of aromatic nitrogens is 2. The van der Waals surface area contributed by atoms with Gasteiger partial charge in [-0.25, -0.2) is 0 Å². The zero-order chi connectivity index (χ0) is 64.0. The van der Waals surface area contributed by atoms with Crippen molar-refractivity contribution in [3.63, 3.8) is 0 Å². The van der Waals surface area contributed by atoms with Crippen LogP contribution in [0.1, 0.15) is 79.6 Å². The van der Waals surface area contributed by atoms with Crippen LogP contribution in [0.3, 0.4) is 0 Å². The Morgan fingerprint density at radius 2 is 0.576 bits per heavy atom. The van der Waals surface area contributed by atoms with Crippen LogP contribution in [0.25, 0.3) is 120 Å². The highest BCUT2D eigenvalue weighted by Crippen LogP contribution is 2.50. The summed E-state index contributed by atoms with van der Waals surface area (Å²) in [6, 6.07) is 61.4. The summed E-state index contributed by atoms with van der Waals surface area (Å²) in [5.74, 6) is 1.86. The Morgan fingerprint density at radius 1 is 0.315 bits per heavy atom. The fourth-order valence-electron chi connectivity index (χ4n) is 15.2. The number of rotatable bonds is 15. The quantitative estimate of drug-likeness (QED) is 0.100. The predicted octanol–water partition coefficient (Wildman–Crippen LogP) is 23.4. The lowest BCUT2D eigenvalue weighted by molar-refractivity contribution is 0.267. The van der Waals surface area contributed by atoms with Gasteiger partial charge in [0.15, 0.2) is 11.5 Å². The highest BCUT2D eigenvalue weighted by atomic mass is 32.1. The molecule has 92 heavy (non-hydrogen) atoms. The lowest BCUT2D eigenvalue weighted by Crippen LogP contribution is -2.03. The number of aromatic hydroxyl groups is 2. The molecule has 0 saturated heterocycles. The molecule has 2 N–H and O–H groups in total. The Morgan fingerprint density at radius 3 is 0.848 bits per heavy atom.